The Hall–Kier alpha value is -3.84. The largest absolute Gasteiger partial charge is 0.222 e. The number of rotatable bonds is 5. The van der Waals surface area contributed by atoms with Crippen LogP contribution < -0.4 is 23.2 Å². The summed E-state index contributed by atoms with van der Waals surface area (Å²) >= 11 is 0. The minimum absolute atomic E-state index is 0.811. The highest BCUT2D eigenvalue weighted by Crippen LogP contribution is 2.29. The van der Waals surface area contributed by atoms with E-state index in [1.54, 1.807) is 0 Å². The smallest absolute Gasteiger partial charge is 0.213 e. The van der Waals surface area contributed by atoms with Crippen molar-refractivity contribution in [3.05, 3.63) is 139 Å². The quantitative estimate of drug-likeness (QED) is 0.339. The number of benzene rings is 4. The van der Waals surface area contributed by atoms with E-state index >= 15 is 0 Å². The minimum atomic E-state index is -4.94. The number of nitrogens with zero attached hydrogens (tertiary/aromatic N) is 1. The van der Waals surface area contributed by atoms with Crippen LogP contribution in [0.2, 0.25) is 0 Å². The standard InChI is InChI=1S/C31H26N.ClHO4/c1-24-12-11-13-25(20-24)23-32-30(27-16-7-3-8-17-27)21-29(26-14-5-2-6-15-26)22-31(32)28-18-9-4-10-19-28;2-1(3,4)5/h2-22H,23H2,1H3;(H,2,3,4,5)/q+1;/p-1. The molecule has 5 aromatic rings. The lowest BCUT2D eigenvalue weighted by atomic mass is 9.98. The summed E-state index contributed by atoms with van der Waals surface area (Å²) in [6, 6.07) is 45.5. The number of hydrogen-bond acceptors (Lipinski definition) is 4. The molecule has 1 aromatic heterocycles. The third-order valence-corrected chi connectivity index (χ3v) is 5.84. The van der Waals surface area contributed by atoms with Crippen molar-refractivity contribution in [1.29, 1.82) is 0 Å². The molecule has 1 heterocycles. The lowest BCUT2D eigenvalue weighted by molar-refractivity contribution is -2.00. The predicted octanol–water partition coefficient (Wildman–Crippen LogP) is 2.58. The van der Waals surface area contributed by atoms with Gasteiger partial charge in [0.15, 0.2) is 6.54 Å². The molecule has 0 aliphatic rings. The maximum absolute atomic E-state index is 8.49. The lowest BCUT2D eigenvalue weighted by Crippen LogP contribution is -2.68. The molecule has 0 aliphatic heterocycles. The van der Waals surface area contributed by atoms with Gasteiger partial charge in [0.05, 0.1) is 0 Å². The fourth-order valence-corrected chi connectivity index (χ4v) is 4.28. The van der Waals surface area contributed by atoms with Crippen LogP contribution in [0.25, 0.3) is 33.6 Å². The van der Waals surface area contributed by atoms with Gasteiger partial charge < -0.3 is 0 Å². The van der Waals surface area contributed by atoms with Gasteiger partial charge in [-0.1, -0.05) is 90.5 Å². The first kappa shape index (κ1) is 26.2. The monoisotopic (exact) mass is 511 g/mol. The van der Waals surface area contributed by atoms with E-state index in [-0.39, 0.29) is 0 Å². The van der Waals surface area contributed by atoms with Crippen LogP contribution in [0.5, 0.6) is 0 Å². The summed E-state index contributed by atoms with van der Waals surface area (Å²) in [6.45, 7) is 2.97. The first-order valence-electron chi connectivity index (χ1n) is 11.7. The summed E-state index contributed by atoms with van der Waals surface area (Å²) < 4.78 is 36.4. The lowest BCUT2D eigenvalue weighted by Gasteiger charge is -2.17. The van der Waals surface area contributed by atoms with Crippen LogP contribution in [0, 0.1) is 17.2 Å². The van der Waals surface area contributed by atoms with Gasteiger partial charge in [0.25, 0.3) is 0 Å². The first-order valence-corrected chi connectivity index (χ1v) is 12.9. The van der Waals surface area contributed by atoms with Gasteiger partial charge in [-0.3, -0.25) is 0 Å². The number of pyridine rings is 1. The van der Waals surface area contributed by atoms with Crippen molar-refractivity contribution in [1.82, 2.24) is 0 Å². The second-order valence-corrected chi connectivity index (χ2v) is 9.32. The normalized spacial score (nSPS) is 10.9. The Kier molecular flexibility index (Phi) is 8.46. The zero-order chi connectivity index (χ0) is 26.3. The van der Waals surface area contributed by atoms with Gasteiger partial charge in [0.1, 0.15) is 0 Å². The molecule has 6 heteroatoms. The molecule has 0 fully saturated rings. The van der Waals surface area contributed by atoms with E-state index in [1.165, 1.54) is 44.8 Å². The van der Waals surface area contributed by atoms with Crippen LogP contribution >= 0.6 is 0 Å². The summed E-state index contributed by atoms with van der Waals surface area (Å²) in [6.07, 6.45) is 0. The first-order chi connectivity index (χ1) is 17.8. The van der Waals surface area contributed by atoms with E-state index < -0.39 is 10.2 Å². The van der Waals surface area contributed by atoms with Crippen molar-refractivity contribution < 1.29 is 33.4 Å². The van der Waals surface area contributed by atoms with Crippen LogP contribution in [0.4, 0.5) is 0 Å². The van der Waals surface area contributed by atoms with Crippen molar-refractivity contribution >= 4 is 0 Å². The molecule has 0 bridgehead atoms. The molecule has 0 N–H and O–H groups in total. The number of aryl methyl sites for hydroxylation is 1. The molecule has 37 heavy (non-hydrogen) atoms. The molecule has 186 valence electrons. The van der Waals surface area contributed by atoms with Crippen molar-refractivity contribution in [2.24, 2.45) is 0 Å². The van der Waals surface area contributed by atoms with E-state index in [9.17, 15) is 0 Å². The van der Waals surface area contributed by atoms with Crippen LogP contribution in [0.15, 0.2) is 127 Å². The van der Waals surface area contributed by atoms with E-state index in [1.807, 2.05) is 0 Å². The molecular formula is C31H26ClNO4. The van der Waals surface area contributed by atoms with Crippen LogP contribution in [0.3, 0.4) is 0 Å². The second-order valence-electron chi connectivity index (χ2n) is 8.57. The fourth-order valence-electron chi connectivity index (χ4n) is 4.28. The van der Waals surface area contributed by atoms with E-state index in [4.69, 9.17) is 18.6 Å². The van der Waals surface area contributed by atoms with E-state index in [0.29, 0.717) is 0 Å². The van der Waals surface area contributed by atoms with E-state index in [0.717, 1.165) is 6.54 Å². The molecular weight excluding hydrogens is 486 g/mol. The Morgan fingerprint density at radius 2 is 0.946 bits per heavy atom. The van der Waals surface area contributed by atoms with Crippen molar-refractivity contribution in [2.75, 3.05) is 0 Å². The van der Waals surface area contributed by atoms with Crippen molar-refractivity contribution in [3.63, 3.8) is 0 Å². The third kappa shape index (κ3) is 7.57. The number of halogens is 1. The average molecular weight is 512 g/mol. The zero-order valence-corrected chi connectivity index (χ0v) is 21.0. The number of hydrogen-bond donors (Lipinski definition) is 0. The molecule has 0 aliphatic carbocycles. The second kappa shape index (κ2) is 11.9. The molecule has 4 aromatic carbocycles. The molecule has 0 amide bonds. The maximum Gasteiger partial charge on any atom is 0.213 e. The van der Waals surface area contributed by atoms with Crippen LogP contribution in [0.1, 0.15) is 11.1 Å². The van der Waals surface area contributed by atoms with Gasteiger partial charge in [-0.05, 0) is 48.4 Å². The molecule has 0 spiro atoms. The summed E-state index contributed by atoms with van der Waals surface area (Å²) in [7, 11) is -4.94. The van der Waals surface area contributed by atoms with E-state index in [2.05, 4.69) is 139 Å². The van der Waals surface area contributed by atoms with Crippen LogP contribution in [-0.2, 0) is 6.54 Å². The van der Waals surface area contributed by atoms with Gasteiger partial charge in [-0.15, -0.1) is 10.2 Å². The maximum atomic E-state index is 8.49. The molecule has 0 unspecified atom stereocenters. The summed E-state index contributed by atoms with van der Waals surface area (Å²) in [5, 5.41) is 0. The summed E-state index contributed by atoms with van der Waals surface area (Å²) in [5.74, 6) is 0. The highest BCUT2D eigenvalue weighted by atomic mass is 35.7. The van der Waals surface area contributed by atoms with Gasteiger partial charge in [-0.25, -0.2) is 18.6 Å². The molecule has 0 radical (unpaired) electrons. The van der Waals surface area contributed by atoms with Gasteiger partial charge >= 0.3 is 0 Å². The van der Waals surface area contributed by atoms with Gasteiger partial charge in [-0.2, -0.15) is 4.57 Å². The molecule has 5 rings (SSSR count). The average Bonchev–Trinajstić information content (AvgIpc) is 2.89. The Balaban J connectivity index is 0.000000586. The predicted molar refractivity (Wildman–Crippen MR) is 133 cm³/mol. The molecule has 5 nitrogen and oxygen atoms in total. The van der Waals surface area contributed by atoms with Crippen molar-refractivity contribution in [3.8, 4) is 33.6 Å². The molecule has 0 saturated heterocycles. The SMILES string of the molecule is Cc1cccc(C[n+]2c(-c3ccccc3)cc(-c3ccccc3)cc2-c2ccccc2)c1.[O-][Cl+3]([O-])([O-])[O-]. The zero-order valence-electron chi connectivity index (χ0n) is 20.3. The Bertz CT molecular complexity index is 1370. The number of aromatic nitrogens is 1. The van der Waals surface area contributed by atoms with Gasteiger partial charge in [0.2, 0.25) is 11.4 Å². The highest BCUT2D eigenvalue weighted by Gasteiger charge is 2.23. The minimum Gasteiger partial charge on any atom is -0.222 e. The molecule has 0 atom stereocenters. The third-order valence-electron chi connectivity index (χ3n) is 5.84. The Morgan fingerprint density at radius 3 is 1.38 bits per heavy atom. The molecule has 0 saturated carbocycles. The Labute approximate surface area is 218 Å². The summed E-state index contributed by atoms with van der Waals surface area (Å²) in [4.78, 5) is 0. The topological polar surface area (TPSA) is 96.1 Å². The fraction of sp³-hybridized carbons (Fsp3) is 0.0645. The van der Waals surface area contributed by atoms with Gasteiger partial charge in [0, 0.05) is 28.8 Å². The Morgan fingerprint density at radius 1 is 0.514 bits per heavy atom. The van der Waals surface area contributed by atoms with Crippen LogP contribution in [-0.4, -0.2) is 0 Å². The highest BCUT2D eigenvalue weighted by molar-refractivity contribution is 5.73. The summed E-state index contributed by atoms with van der Waals surface area (Å²) in [5.41, 5.74) is 9.90. The van der Waals surface area contributed by atoms with Crippen molar-refractivity contribution in [2.45, 2.75) is 13.5 Å².